The molecule has 0 radical (unpaired) electrons. The van der Waals surface area contributed by atoms with Gasteiger partial charge in [0, 0.05) is 12.5 Å². The van der Waals surface area contributed by atoms with Gasteiger partial charge in [-0.2, -0.15) is 0 Å². The van der Waals surface area contributed by atoms with Gasteiger partial charge in [-0.15, -0.1) is 0 Å². The molecule has 4 N–H and O–H groups in total. The third-order valence-corrected chi connectivity index (χ3v) is 4.80. The molecule has 0 aromatic heterocycles. The molecule has 2 heterocycles. The van der Waals surface area contributed by atoms with Gasteiger partial charge >= 0.3 is 17.9 Å². The highest BCUT2D eigenvalue weighted by atomic mass is 16.8. The number of aliphatic hydroxyl groups is 4. The van der Waals surface area contributed by atoms with Gasteiger partial charge in [-0.25, -0.2) is 4.79 Å². The highest BCUT2D eigenvalue weighted by Crippen LogP contribution is 2.34. The van der Waals surface area contributed by atoms with Crippen LogP contribution in [0, 0.1) is 5.92 Å². The van der Waals surface area contributed by atoms with E-state index in [4.69, 9.17) is 23.7 Å². The van der Waals surface area contributed by atoms with Gasteiger partial charge in [0.25, 0.3) is 0 Å². The van der Waals surface area contributed by atoms with Crippen molar-refractivity contribution in [3.63, 3.8) is 0 Å². The third kappa shape index (κ3) is 5.62. The Morgan fingerprint density at radius 1 is 1.09 bits per heavy atom. The standard InChI is InChI=1S/C19H26O13/c1-8(21)29-5-4-9-12(17(26)28-3)10(16(25)27-2)7-30-18(9)32-19-15(24)14(23)13(22)11(6-20)31-19/h4,7,11-15,18-20,22-24H,5-6H2,1-3H3. The van der Waals surface area contributed by atoms with Crippen molar-refractivity contribution in [3.05, 3.63) is 23.5 Å². The summed E-state index contributed by atoms with van der Waals surface area (Å²) in [6.45, 7) is 0.141. The Kier molecular flexibility index (Phi) is 9.12. The van der Waals surface area contributed by atoms with Gasteiger partial charge in [0.1, 0.15) is 36.9 Å². The van der Waals surface area contributed by atoms with E-state index in [9.17, 15) is 34.8 Å². The highest BCUT2D eigenvalue weighted by Gasteiger charge is 2.47. The van der Waals surface area contributed by atoms with Crippen LogP contribution in [0.1, 0.15) is 6.92 Å². The van der Waals surface area contributed by atoms with Gasteiger partial charge in [0.05, 0.1) is 32.7 Å². The molecule has 32 heavy (non-hydrogen) atoms. The van der Waals surface area contributed by atoms with E-state index in [1.54, 1.807) is 0 Å². The van der Waals surface area contributed by atoms with Crippen LogP contribution in [0.4, 0.5) is 0 Å². The summed E-state index contributed by atoms with van der Waals surface area (Å²) >= 11 is 0. The van der Waals surface area contributed by atoms with E-state index < -0.39 is 67.4 Å². The molecule has 0 saturated carbocycles. The van der Waals surface area contributed by atoms with Crippen molar-refractivity contribution in [1.82, 2.24) is 0 Å². The predicted molar refractivity (Wildman–Crippen MR) is 100 cm³/mol. The summed E-state index contributed by atoms with van der Waals surface area (Å²) in [6.07, 6.45) is -7.29. The van der Waals surface area contributed by atoms with Crippen LogP contribution in [0.15, 0.2) is 23.5 Å². The van der Waals surface area contributed by atoms with Crippen LogP contribution in [-0.2, 0) is 42.8 Å². The van der Waals surface area contributed by atoms with Crippen LogP contribution in [0.2, 0.25) is 0 Å². The van der Waals surface area contributed by atoms with E-state index >= 15 is 0 Å². The van der Waals surface area contributed by atoms with Crippen molar-refractivity contribution in [2.45, 2.75) is 43.9 Å². The average Bonchev–Trinajstić information content (AvgIpc) is 2.78. The maximum atomic E-state index is 12.5. The zero-order chi connectivity index (χ0) is 24.0. The zero-order valence-corrected chi connectivity index (χ0v) is 17.6. The fourth-order valence-corrected chi connectivity index (χ4v) is 3.14. The number of carbonyl (C=O) groups excluding carboxylic acids is 3. The summed E-state index contributed by atoms with van der Waals surface area (Å²) in [4.78, 5) is 35.8. The summed E-state index contributed by atoms with van der Waals surface area (Å²) in [5.74, 6) is -3.79. The Hall–Kier alpha value is -2.55. The lowest BCUT2D eigenvalue weighted by molar-refractivity contribution is -0.327. The van der Waals surface area contributed by atoms with Crippen LogP contribution in [0.3, 0.4) is 0 Å². The van der Waals surface area contributed by atoms with Crippen LogP contribution >= 0.6 is 0 Å². The van der Waals surface area contributed by atoms with E-state index in [1.807, 2.05) is 0 Å². The topological polar surface area (TPSA) is 188 Å². The minimum absolute atomic E-state index is 0.0436. The number of hydrogen-bond donors (Lipinski definition) is 4. The number of ether oxygens (including phenoxy) is 6. The fourth-order valence-electron chi connectivity index (χ4n) is 3.14. The van der Waals surface area contributed by atoms with Crippen LogP contribution < -0.4 is 0 Å². The van der Waals surface area contributed by atoms with E-state index in [1.165, 1.54) is 6.08 Å². The van der Waals surface area contributed by atoms with Crippen molar-refractivity contribution in [1.29, 1.82) is 0 Å². The molecule has 1 saturated heterocycles. The first-order valence-corrected chi connectivity index (χ1v) is 9.47. The lowest BCUT2D eigenvalue weighted by atomic mass is 9.88. The number of aliphatic hydroxyl groups excluding tert-OH is 4. The Morgan fingerprint density at radius 2 is 1.78 bits per heavy atom. The molecule has 0 amide bonds. The largest absolute Gasteiger partial charge is 0.468 e. The highest BCUT2D eigenvalue weighted by molar-refractivity contribution is 5.97. The number of methoxy groups -OCH3 is 2. The van der Waals surface area contributed by atoms with Crippen LogP contribution in [0.25, 0.3) is 0 Å². The molecule has 2 aliphatic heterocycles. The minimum atomic E-state index is -1.76. The van der Waals surface area contributed by atoms with E-state index in [2.05, 4.69) is 4.74 Å². The molecule has 13 nitrogen and oxygen atoms in total. The second-order valence-electron chi connectivity index (χ2n) is 6.83. The van der Waals surface area contributed by atoms with Gasteiger partial charge in [0.15, 0.2) is 6.29 Å². The first-order chi connectivity index (χ1) is 15.2. The van der Waals surface area contributed by atoms with Gasteiger partial charge in [-0.3, -0.25) is 9.59 Å². The second kappa shape index (κ2) is 11.4. The van der Waals surface area contributed by atoms with Crippen LogP contribution in [0.5, 0.6) is 0 Å². The van der Waals surface area contributed by atoms with Gasteiger partial charge in [-0.05, 0) is 6.08 Å². The molecule has 0 aromatic carbocycles. The summed E-state index contributed by atoms with van der Waals surface area (Å²) in [5, 5.41) is 39.4. The normalized spacial score (nSPS) is 33.7. The molecule has 1 fully saturated rings. The summed E-state index contributed by atoms with van der Waals surface area (Å²) in [7, 11) is 2.18. The Labute approximate surface area is 182 Å². The summed E-state index contributed by atoms with van der Waals surface area (Å²) in [5.41, 5.74) is -0.278. The van der Waals surface area contributed by atoms with Crippen molar-refractivity contribution < 1.29 is 63.2 Å². The molecule has 2 aliphatic rings. The molecule has 7 atom stereocenters. The van der Waals surface area contributed by atoms with Crippen molar-refractivity contribution in [2.75, 3.05) is 27.4 Å². The lowest BCUT2D eigenvalue weighted by Crippen LogP contribution is -2.60. The molecule has 0 bridgehead atoms. The molecular formula is C19H26O13. The molecule has 2 rings (SSSR count). The summed E-state index contributed by atoms with van der Waals surface area (Å²) < 4.78 is 30.5. The van der Waals surface area contributed by atoms with E-state index in [0.717, 1.165) is 27.4 Å². The second-order valence-corrected chi connectivity index (χ2v) is 6.83. The van der Waals surface area contributed by atoms with Crippen LogP contribution in [-0.4, -0.2) is 103 Å². The average molecular weight is 462 g/mol. The molecular weight excluding hydrogens is 436 g/mol. The quantitative estimate of drug-likeness (QED) is 0.177. The Morgan fingerprint density at radius 3 is 2.34 bits per heavy atom. The number of hydrogen-bond acceptors (Lipinski definition) is 13. The van der Waals surface area contributed by atoms with Gasteiger partial charge in [-0.1, -0.05) is 0 Å². The number of esters is 3. The molecule has 0 aromatic rings. The number of carbonyl (C=O) groups is 3. The maximum absolute atomic E-state index is 12.5. The molecule has 0 spiro atoms. The molecule has 13 heteroatoms. The van der Waals surface area contributed by atoms with E-state index in [0.29, 0.717) is 0 Å². The minimum Gasteiger partial charge on any atom is -0.468 e. The predicted octanol–water partition coefficient (Wildman–Crippen LogP) is -2.51. The SMILES string of the molecule is COC(=O)C1=COC(OC2OC(CO)C(O)C(O)C2O)C(=CCOC(C)=O)C1C(=O)OC. The zero-order valence-electron chi connectivity index (χ0n) is 17.6. The smallest absolute Gasteiger partial charge is 0.338 e. The van der Waals surface area contributed by atoms with Crippen molar-refractivity contribution in [2.24, 2.45) is 5.92 Å². The fraction of sp³-hybridized carbons (Fsp3) is 0.632. The van der Waals surface area contributed by atoms with Gasteiger partial charge in [0.2, 0.25) is 6.29 Å². The number of rotatable bonds is 7. The molecule has 7 unspecified atom stereocenters. The van der Waals surface area contributed by atoms with Crippen molar-refractivity contribution in [3.8, 4) is 0 Å². The Balaban J connectivity index is 2.40. The maximum Gasteiger partial charge on any atom is 0.338 e. The Bertz CT molecular complexity index is 758. The summed E-state index contributed by atoms with van der Waals surface area (Å²) in [6, 6.07) is 0. The van der Waals surface area contributed by atoms with E-state index in [-0.39, 0.29) is 17.8 Å². The monoisotopic (exact) mass is 462 g/mol. The first-order valence-electron chi connectivity index (χ1n) is 9.47. The first kappa shape index (κ1) is 25.7. The molecule has 180 valence electrons. The molecule has 0 aliphatic carbocycles. The van der Waals surface area contributed by atoms with Crippen molar-refractivity contribution >= 4 is 17.9 Å². The van der Waals surface area contributed by atoms with Gasteiger partial charge < -0.3 is 48.8 Å². The lowest BCUT2D eigenvalue weighted by Gasteiger charge is -2.41. The third-order valence-electron chi connectivity index (χ3n) is 4.80.